The van der Waals surface area contributed by atoms with E-state index in [9.17, 15) is 9.59 Å². The van der Waals surface area contributed by atoms with E-state index in [4.69, 9.17) is 5.73 Å². The van der Waals surface area contributed by atoms with E-state index < -0.39 is 0 Å². The van der Waals surface area contributed by atoms with Crippen molar-refractivity contribution in [2.75, 3.05) is 6.54 Å². The lowest BCUT2D eigenvalue weighted by Crippen LogP contribution is -2.42. The zero-order valence-electron chi connectivity index (χ0n) is 14.8. The van der Waals surface area contributed by atoms with Crippen LogP contribution in [0.5, 0.6) is 0 Å². The highest BCUT2D eigenvalue weighted by molar-refractivity contribution is 5.86. The van der Waals surface area contributed by atoms with Crippen molar-refractivity contribution in [3.8, 4) is 0 Å². The lowest BCUT2D eigenvalue weighted by atomic mass is 9.75. The first-order chi connectivity index (χ1) is 10.2. The monoisotopic (exact) mass is 310 g/mol. The summed E-state index contributed by atoms with van der Waals surface area (Å²) < 4.78 is 0. The molecule has 0 heterocycles. The van der Waals surface area contributed by atoms with Gasteiger partial charge in [-0.2, -0.15) is 0 Å². The van der Waals surface area contributed by atoms with Crippen molar-refractivity contribution in [2.45, 2.75) is 72.6 Å². The molecule has 0 aromatic rings. The summed E-state index contributed by atoms with van der Waals surface area (Å²) in [4.78, 5) is 24.4. The molecule has 2 atom stereocenters. The summed E-state index contributed by atoms with van der Waals surface area (Å²) in [6.07, 6.45) is 7.58. The first-order valence-electron chi connectivity index (χ1n) is 8.81. The average Bonchev–Trinajstić information content (AvgIpc) is 2.89. The van der Waals surface area contributed by atoms with Gasteiger partial charge in [-0.3, -0.25) is 9.59 Å². The van der Waals surface area contributed by atoms with Gasteiger partial charge in [0, 0.05) is 18.4 Å². The zero-order chi connectivity index (χ0) is 16.8. The molecule has 1 rings (SSSR count). The molecule has 4 heteroatoms. The Kier molecular flexibility index (Phi) is 7.37. The van der Waals surface area contributed by atoms with Gasteiger partial charge in [-0.15, -0.1) is 0 Å². The molecule has 128 valence electrons. The minimum Gasteiger partial charge on any atom is -0.369 e. The van der Waals surface area contributed by atoms with Crippen LogP contribution >= 0.6 is 0 Å². The van der Waals surface area contributed by atoms with Gasteiger partial charge in [0.2, 0.25) is 11.8 Å². The molecule has 1 fully saturated rings. The topological polar surface area (TPSA) is 72.2 Å². The van der Waals surface area contributed by atoms with Gasteiger partial charge in [-0.05, 0) is 37.5 Å². The maximum Gasteiger partial charge on any atom is 0.223 e. The van der Waals surface area contributed by atoms with E-state index in [-0.39, 0.29) is 29.1 Å². The van der Waals surface area contributed by atoms with Crippen molar-refractivity contribution in [1.29, 1.82) is 0 Å². The Morgan fingerprint density at radius 2 is 1.77 bits per heavy atom. The third kappa shape index (κ3) is 6.37. The van der Waals surface area contributed by atoms with Crippen LogP contribution in [0, 0.1) is 23.2 Å². The molecule has 0 aliphatic heterocycles. The highest BCUT2D eigenvalue weighted by Gasteiger charge is 2.35. The van der Waals surface area contributed by atoms with Gasteiger partial charge in [-0.1, -0.05) is 46.5 Å². The van der Waals surface area contributed by atoms with Gasteiger partial charge in [0.05, 0.1) is 0 Å². The van der Waals surface area contributed by atoms with E-state index in [2.05, 4.69) is 26.1 Å². The molecule has 0 aromatic heterocycles. The number of hydrogen-bond donors (Lipinski definition) is 2. The summed E-state index contributed by atoms with van der Waals surface area (Å²) in [6, 6.07) is 0. The van der Waals surface area contributed by atoms with Crippen molar-refractivity contribution in [1.82, 2.24) is 5.32 Å². The summed E-state index contributed by atoms with van der Waals surface area (Å²) in [7, 11) is 0. The van der Waals surface area contributed by atoms with Crippen LogP contribution in [0.2, 0.25) is 0 Å². The van der Waals surface area contributed by atoms with Crippen molar-refractivity contribution < 1.29 is 9.59 Å². The number of carbonyl (C=O) groups excluding carboxylic acids is 2. The molecule has 0 spiro atoms. The fourth-order valence-electron chi connectivity index (χ4n) is 3.64. The minimum atomic E-state index is -0.341. The maximum absolute atomic E-state index is 12.4. The average molecular weight is 310 g/mol. The van der Waals surface area contributed by atoms with Crippen molar-refractivity contribution in [3.05, 3.63) is 0 Å². The summed E-state index contributed by atoms with van der Waals surface area (Å²) >= 11 is 0. The highest BCUT2D eigenvalue weighted by Crippen LogP contribution is 2.35. The maximum atomic E-state index is 12.4. The first kappa shape index (κ1) is 19.0. The summed E-state index contributed by atoms with van der Waals surface area (Å²) in [5, 5.41) is 2.88. The van der Waals surface area contributed by atoms with Gasteiger partial charge in [0.15, 0.2) is 0 Å². The minimum absolute atomic E-state index is 0.00317. The predicted molar refractivity (Wildman–Crippen MR) is 90.1 cm³/mol. The van der Waals surface area contributed by atoms with Crippen LogP contribution < -0.4 is 11.1 Å². The zero-order valence-corrected chi connectivity index (χ0v) is 14.8. The summed E-state index contributed by atoms with van der Waals surface area (Å²) in [5.41, 5.74) is 5.65. The molecule has 1 aliphatic carbocycles. The largest absolute Gasteiger partial charge is 0.369 e. The Hall–Kier alpha value is -1.06. The molecule has 0 aromatic carbocycles. The van der Waals surface area contributed by atoms with Gasteiger partial charge >= 0.3 is 0 Å². The van der Waals surface area contributed by atoms with E-state index in [1.54, 1.807) is 0 Å². The normalized spacial score (nSPS) is 18.9. The fourth-order valence-corrected chi connectivity index (χ4v) is 3.64. The predicted octanol–water partition coefficient (Wildman–Crippen LogP) is 3.25. The van der Waals surface area contributed by atoms with Crippen LogP contribution in [0.25, 0.3) is 0 Å². The van der Waals surface area contributed by atoms with Crippen molar-refractivity contribution in [3.63, 3.8) is 0 Å². The molecule has 0 bridgehead atoms. The Labute approximate surface area is 135 Å². The second-order valence-electron chi connectivity index (χ2n) is 8.00. The molecule has 0 radical (unpaired) electrons. The second kappa shape index (κ2) is 8.54. The summed E-state index contributed by atoms with van der Waals surface area (Å²) in [5.74, 6) is -0.275. The third-order valence-corrected chi connectivity index (χ3v) is 4.73. The number of nitrogens with one attached hydrogen (secondary N) is 1. The van der Waals surface area contributed by atoms with Crippen LogP contribution in [-0.4, -0.2) is 18.4 Å². The van der Waals surface area contributed by atoms with Crippen LogP contribution in [0.15, 0.2) is 0 Å². The van der Waals surface area contributed by atoms with Crippen LogP contribution in [0.3, 0.4) is 0 Å². The molecule has 0 unspecified atom stereocenters. The summed E-state index contributed by atoms with van der Waals surface area (Å²) in [6.45, 7) is 8.81. The molecule has 22 heavy (non-hydrogen) atoms. The number of primary amides is 1. The number of amides is 2. The van der Waals surface area contributed by atoms with E-state index in [0.29, 0.717) is 18.9 Å². The Morgan fingerprint density at radius 3 is 2.23 bits per heavy atom. The molecule has 1 saturated carbocycles. The first-order valence-corrected chi connectivity index (χ1v) is 8.81. The highest BCUT2D eigenvalue weighted by atomic mass is 16.2. The third-order valence-electron chi connectivity index (χ3n) is 4.73. The SMILES string of the molecule is CCNC(=O)[C@H](CC(C)(C)C)[C@H](CCC1CCCC1)C(N)=O. The Balaban J connectivity index is 2.78. The second-order valence-corrected chi connectivity index (χ2v) is 8.00. The van der Waals surface area contributed by atoms with Gasteiger partial charge < -0.3 is 11.1 Å². The van der Waals surface area contributed by atoms with Crippen LogP contribution in [0.4, 0.5) is 0 Å². The standard InChI is InChI=1S/C18H34N2O2/c1-5-20-17(22)15(12-18(2,3)4)14(16(19)21)11-10-13-8-6-7-9-13/h13-15H,5-12H2,1-4H3,(H2,19,21)(H,20,22)/t14-,15+/m0/s1. The van der Waals surface area contributed by atoms with Crippen LogP contribution in [0.1, 0.15) is 72.6 Å². The molecular weight excluding hydrogens is 276 g/mol. The molecule has 4 nitrogen and oxygen atoms in total. The number of carbonyl (C=O) groups is 2. The number of nitrogens with two attached hydrogens (primary N) is 1. The smallest absolute Gasteiger partial charge is 0.223 e. The molecule has 3 N–H and O–H groups in total. The molecular formula is C18H34N2O2. The van der Waals surface area contributed by atoms with E-state index >= 15 is 0 Å². The van der Waals surface area contributed by atoms with E-state index in [0.717, 1.165) is 12.8 Å². The van der Waals surface area contributed by atoms with Crippen LogP contribution in [-0.2, 0) is 9.59 Å². The number of rotatable bonds is 8. The number of hydrogen-bond acceptors (Lipinski definition) is 2. The molecule has 2 amide bonds. The quantitative estimate of drug-likeness (QED) is 0.722. The fraction of sp³-hybridized carbons (Fsp3) is 0.889. The lowest BCUT2D eigenvalue weighted by molar-refractivity contribution is -0.134. The molecule has 0 saturated heterocycles. The van der Waals surface area contributed by atoms with E-state index in [1.165, 1.54) is 25.7 Å². The Bertz CT molecular complexity index is 368. The van der Waals surface area contributed by atoms with E-state index in [1.807, 2.05) is 6.92 Å². The van der Waals surface area contributed by atoms with Crippen molar-refractivity contribution in [2.24, 2.45) is 28.9 Å². The molecule has 1 aliphatic rings. The Morgan fingerprint density at radius 1 is 1.18 bits per heavy atom. The lowest BCUT2D eigenvalue weighted by Gasteiger charge is -2.30. The van der Waals surface area contributed by atoms with Crippen molar-refractivity contribution >= 4 is 11.8 Å². The van der Waals surface area contributed by atoms with Gasteiger partial charge in [0.1, 0.15) is 0 Å². The van der Waals surface area contributed by atoms with Gasteiger partial charge in [-0.25, -0.2) is 0 Å². The van der Waals surface area contributed by atoms with Gasteiger partial charge in [0.25, 0.3) is 0 Å².